The molecule has 1 heterocycles. The van der Waals surface area contributed by atoms with Crippen molar-refractivity contribution in [2.75, 3.05) is 6.54 Å². The first kappa shape index (κ1) is 10.3. The molecule has 70 valence electrons. The fraction of sp³-hybridized carbons (Fsp3) is 0.455. The molecule has 1 aromatic heterocycles. The van der Waals surface area contributed by atoms with Crippen LogP contribution in [-0.4, -0.2) is 12.6 Å². The Labute approximate surface area is 84.2 Å². The molecule has 0 amide bonds. The van der Waals surface area contributed by atoms with Gasteiger partial charge in [-0.15, -0.1) is 6.42 Å². The molecule has 0 radical (unpaired) electrons. The summed E-state index contributed by atoms with van der Waals surface area (Å²) in [5.74, 6) is 2.72. The number of hydrogen-bond donors (Lipinski definition) is 1. The van der Waals surface area contributed by atoms with Crippen molar-refractivity contribution in [3.63, 3.8) is 0 Å². The predicted octanol–water partition coefficient (Wildman–Crippen LogP) is 2.29. The second kappa shape index (κ2) is 5.80. The van der Waals surface area contributed by atoms with Crippen LogP contribution >= 0.6 is 11.3 Å². The SMILES string of the molecule is C#CC(CC)NCCc1ccsc1. The molecule has 0 fully saturated rings. The molecular weight excluding hydrogens is 178 g/mol. The van der Waals surface area contributed by atoms with Crippen LogP contribution in [0.1, 0.15) is 18.9 Å². The van der Waals surface area contributed by atoms with Gasteiger partial charge >= 0.3 is 0 Å². The van der Waals surface area contributed by atoms with Gasteiger partial charge in [-0.2, -0.15) is 11.3 Å². The quantitative estimate of drug-likeness (QED) is 0.707. The Hall–Kier alpha value is -0.780. The van der Waals surface area contributed by atoms with Crippen molar-refractivity contribution in [3.05, 3.63) is 22.4 Å². The van der Waals surface area contributed by atoms with Crippen molar-refractivity contribution in [2.24, 2.45) is 0 Å². The van der Waals surface area contributed by atoms with Crippen LogP contribution < -0.4 is 5.32 Å². The topological polar surface area (TPSA) is 12.0 Å². The zero-order valence-corrected chi connectivity index (χ0v) is 8.73. The van der Waals surface area contributed by atoms with E-state index < -0.39 is 0 Å². The first-order valence-corrected chi connectivity index (χ1v) is 5.51. The molecule has 1 N–H and O–H groups in total. The first-order valence-electron chi connectivity index (χ1n) is 4.57. The largest absolute Gasteiger partial charge is 0.303 e. The zero-order valence-electron chi connectivity index (χ0n) is 7.92. The van der Waals surface area contributed by atoms with E-state index in [0.29, 0.717) is 0 Å². The van der Waals surface area contributed by atoms with Crippen molar-refractivity contribution in [1.82, 2.24) is 5.32 Å². The maximum atomic E-state index is 5.33. The van der Waals surface area contributed by atoms with Crippen molar-refractivity contribution in [3.8, 4) is 12.3 Å². The third kappa shape index (κ3) is 3.63. The molecule has 2 heteroatoms. The fourth-order valence-corrected chi connectivity index (χ4v) is 1.85. The summed E-state index contributed by atoms with van der Waals surface area (Å²) in [4.78, 5) is 0. The minimum Gasteiger partial charge on any atom is -0.303 e. The Morgan fingerprint density at radius 3 is 3.08 bits per heavy atom. The maximum absolute atomic E-state index is 5.33. The second-order valence-electron chi connectivity index (χ2n) is 2.96. The van der Waals surface area contributed by atoms with E-state index in [1.165, 1.54) is 5.56 Å². The summed E-state index contributed by atoms with van der Waals surface area (Å²) in [5.41, 5.74) is 1.39. The number of rotatable bonds is 5. The van der Waals surface area contributed by atoms with E-state index in [1.807, 2.05) is 0 Å². The van der Waals surface area contributed by atoms with E-state index in [2.05, 4.69) is 35.0 Å². The van der Waals surface area contributed by atoms with Crippen LogP contribution in [0.15, 0.2) is 16.8 Å². The van der Waals surface area contributed by atoms with Crippen LogP contribution in [0.2, 0.25) is 0 Å². The van der Waals surface area contributed by atoms with E-state index in [1.54, 1.807) is 11.3 Å². The van der Waals surface area contributed by atoms with Gasteiger partial charge in [0.1, 0.15) is 0 Å². The average Bonchev–Trinajstić information content (AvgIpc) is 2.65. The van der Waals surface area contributed by atoms with E-state index >= 15 is 0 Å². The molecule has 0 aromatic carbocycles. The molecule has 1 rings (SSSR count). The van der Waals surface area contributed by atoms with Gasteiger partial charge in [0, 0.05) is 6.54 Å². The molecule has 1 atom stereocenters. The highest BCUT2D eigenvalue weighted by Crippen LogP contribution is 2.05. The Balaban J connectivity index is 2.18. The van der Waals surface area contributed by atoms with Crippen molar-refractivity contribution < 1.29 is 0 Å². The molecule has 0 saturated heterocycles. The molecule has 1 nitrogen and oxygen atoms in total. The van der Waals surface area contributed by atoms with Crippen molar-refractivity contribution in [2.45, 2.75) is 25.8 Å². The molecule has 0 aliphatic heterocycles. The maximum Gasteiger partial charge on any atom is 0.0684 e. The van der Waals surface area contributed by atoms with Gasteiger partial charge in [-0.25, -0.2) is 0 Å². The fourth-order valence-electron chi connectivity index (χ4n) is 1.15. The number of nitrogens with one attached hydrogen (secondary N) is 1. The Bertz CT molecular complexity index is 258. The highest BCUT2D eigenvalue weighted by Gasteiger charge is 1.99. The van der Waals surface area contributed by atoms with Crippen LogP contribution in [0.25, 0.3) is 0 Å². The highest BCUT2D eigenvalue weighted by atomic mass is 32.1. The molecule has 1 aromatic rings. The molecule has 13 heavy (non-hydrogen) atoms. The van der Waals surface area contributed by atoms with E-state index in [-0.39, 0.29) is 6.04 Å². The van der Waals surface area contributed by atoms with Crippen LogP contribution in [0.3, 0.4) is 0 Å². The summed E-state index contributed by atoms with van der Waals surface area (Å²) in [6, 6.07) is 2.39. The third-order valence-electron chi connectivity index (χ3n) is 1.99. The van der Waals surface area contributed by atoms with Crippen LogP contribution in [0.5, 0.6) is 0 Å². The van der Waals surface area contributed by atoms with E-state index in [0.717, 1.165) is 19.4 Å². The van der Waals surface area contributed by atoms with Gasteiger partial charge in [0.05, 0.1) is 6.04 Å². The van der Waals surface area contributed by atoms with Gasteiger partial charge in [-0.1, -0.05) is 12.8 Å². The highest BCUT2D eigenvalue weighted by molar-refractivity contribution is 7.07. The van der Waals surface area contributed by atoms with Gasteiger partial charge in [-0.05, 0) is 35.2 Å². The standard InChI is InChI=1S/C11H15NS/c1-3-11(4-2)12-7-5-10-6-8-13-9-10/h1,6,8-9,11-12H,4-5,7H2,2H3. The Kier molecular flexibility index (Phi) is 4.59. The monoisotopic (exact) mass is 193 g/mol. The lowest BCUT2D eigenvalue weighted by Gasteiger charge is -2.09. The normalized spacial score (nSPS) is 12.3. The lowest BCUT2D eigenvalue weighted by atomic mass is 10.2. The average molecular weight is 193 g/mol. The summed E-state index contributed by atoms with van der Waals surface area (Å²) >= 11 is 1.74. The summed E-state index contributed by atoms with van der Waals surface area (Å²) < 4.78 is 0. The molecular formula is C11H15NS. The molecule has 0 saturated carbocycles. The van der Waals surface area contributed by atoms with Gasteiger partial charge in [0.2, 0.25) is 0 Å². The van der Waals surface area contributed by atoms with Crippen molar-refractivity contribution >= 4 is 11.3 Å². The first-order chi connectivity index (χ1) is 6.36. The summed E-state index contributed by atoms with van der Waals surface area (Å²) in [6.07, 6.45) is 7.40. The minimum absolute atomic E-state index is 0.235. The number of hydrogen-bond acceptors (Lipinski definition) is 2. The van der Waals surface area contributed by atoms with E-state index in [4.69, 9.17) is 6.42 Å². The number of terminal acetylenes is 1. The van der Waals surface area contributed by atoms with Gasteiger partial charge < -0.3 is 5.32 Å². The van der Waals surface area contributed by atoms with Crippen molar-refractivity contribution in [1.29, 1.82) is 0 Å². The summed E-state index contributed by atoms with van der Waals surface area (Å²) in [7, 11) is 0. The predicted molar refractivity (Wildman–Crippen MR) is 58.9 cm³/mol. The summed E-state index contributed by atoms with van der Waals surface area (Å²) in [6.45, 7) is 3.07. The smallest absolute Gasteiger partial charge is 0.0684 e. The number of thiophene rings is 1. The van der Waals surface area contributed by atoms with Gasteiger partial charge in [0.15, 0.2) is 0 Å². The Morgan fingerprint density at radius 2 is 2.54 bits per heavy atom. The molecule has 1 unspecified atom stereocenters. The molecule has 0 spiro atoms. The van der Waals surface area contributed by atoms with Gasteiger partial charge in [0.25, 0.3) is 0 Å². The lowest BCUT2D eigenvalue weighted by molar-refractivity contribution is 0.594. The van der Waals surface area contributed by atoms with Gasteiger partial charge in [-0.3, -0.25) is 0 Å². The Morgan fingerprint density at radius 1 is 1.69 bits per heavy atom. The van der Waals surface area contributed by atoms with Crippen LogP contribution in [0, 0.1) is 12.3 Å². The molecule has 0 bridgehead atoms. The summed E-state index contributed by atoms with van der Waals surface area (Å²) in [5, 5.41) is 7.61. The lowest BCUT2D eigenvalue weighted by Crippen LogP contribution is -2.28. The van der Waals surface area contributed by atoms with Crippen LogP contribution in [-0.2, 0) is 6.42 Å². The minimum atomic E-state index is 0.235. The zero-order chi connectivity index (χ0) is 9.52. The molecule has 0 aliphatic rings. The van der Waals surface area contributed by atoms with E-state index in [9.17, 15) is 0 Å². The second-order valence-corrected chi connectivity index (χ2v) is 3.74. The molecule has 0 aliphatic carbocycles. The van der Waals surface area contributed by atoms with Crippen LogP contribution in [0.4, 0.5) is 0 Å². The third-order valence-corrected chi connectivity index (χ3v) is 2.73.